The minimum atomic E-state index is -0.463. The van der Waals surface area contributed by atoms with Gasteiger partial charge in [0.05, 0.1) is 5.52 Å². The van der Waals surface area contributed by atoms with Crippen LogP contribution >= 0.6 is 0 Å². The predicted molar refractivity (Wildman–Crippen MR) is 89.6 cm³/mol. The molecular weight excluding hydrogens is 292 g/mol. The molecular formula is C18H18N2O3. The van der Waals surface area contributed by atoms with E-state index in [1.54, 1.807) is 11.0 Å². The van der Waals surface area contributed by atoms with Crippen LogP contribution in [0.4, 0.5) is 5.69 Å². The summed E-state index contributed by atoms with van der Waals surface area (Å²) in [5.41, 5.74) is 3.10. The highest BCUT2D eigenvalue weighted by Gasteiger charge is 2.13. The van der Waals surface area contributed by atoms with E-state index in [-0.39, 0.29) is 5.91 Å². The van der Waals surface area contributed by atoms with Gasteiger partial charge in [-0.15, -0.1) is 0 Å². The summed E-state index contributed by atoms with van der Waals surface area (Å²) >= 11 is 0. The number of aryl methyl sites for hydroxylation is 1. The Kier molecular flexibility index (Phi) is 4.28. The number of fused-ring (bicyclic) bond motifs is 1. The number of carbonyl (C=O) groups is 1. The van der Waals surface area contributed by atoms with Crippen LogP contribution in [0, 0.1) is 0 Å². The second-order valence-electron chi connectivity index (χ2n) is 5.32. The van der Waals surface area contributed by atoms with E-state index in [2.05, 4.69) is 4.98 Å². The summed E-state index contributed by atoms with van der Waals surface area (Å²) in [5, 5.41) is 0. The van der Waals surface area contributed by atoms with Gasteiger partial charge in [-0.1, -0.05) is 24.3 Å². The zero-order chi connectivity index (χ0) is 16.2. The molecule has 3 rings (SSSR count). The number of carbonyl (C=O) groups excluding carboxylic acids is 1. The quantitative estimate of drug-likeness (QED) is 0.787. The molecule has 0 bridgehead atoms. The number of aromatic nitrogens is 1. The van der Waals surface area contributed by atoms with E-state index in [0.29, 0.717) is 30.5 Å². The van der Waals surface area contributed by atoms with Crippen LogP contribution in [0.25, 0.3) is 11.1 Å². The van der Waals surface area contributed by atoms with Crippen molar-refractivity contribution in [2.24, 2.45) is 0 Å². The first-order valence-corrected chi connectivity index (χ1v) is 7.64. The molecule has 0 saturated carbocycles. The number of oxazole rings is 1. The number of benzene rings is 2. The van der Waals surface area contributed by atoms with Gasteiger partial charge in [-0.3, -0.25) is 9.78 Å². The highest BCUT2D eigenvalue weighted by Crippen LogP contribution is 2.17. The largest absolute Gasteiger partial charge is 0.417 e. The fourth-order valence-electron chi connectivity index (χ4n) is 2.65. The molecule has 1 N–H and O–H groups in total. The number of anilines is 1. The van der Waals surface area contributed by atoms with Gasteiger partial charge >= 0.3 is 5.76 Å². The van der Waals surface area contributed by atoms with E-state index < -0.39 is 5.76 Å². The molecule has 0 aliphatic heterocycles. The number of amides is 1. The minimum Gasteiger partial charge on any atom is -0.408 e. The Bertz CT molecular complexity index is 865. The summed E-state index contributed by atoms with van der Waals surface area (Å²) in [6.07, 6.45) is 1.03. The van der Waals surface area contributed by atoms with Crippen LogP contribution in [0.1, 0.15) is 18.9 Å². The summed E-state index contributed by atoms with van der Waals surface area (Å²) in [5.74, 6) is -0.381. The van der Waals surface area contributed by atoms with Crippen molar-refractivity contribution in [1.29, 1.82) is 0 Å². The average molecular weight is 310 g/mol. The van der Waals surface area contributed by atoms with Gasteiger partial charge in [-0.2, -0.15) is 0 Å². The number of aromatic amines is 1. The molecule has 0 atom stereocenters. The molecule has 118 valence electrons. The van der Waals surface area contributed by atoms with E-state index in [1.807, 2.05) is 49.4 Å². The third-order valence-corrected chi connectivity index (χ3v) is 3.80. The second kappa shape index (κ2) is 6.52. The van der Waals surface area contributed by atoms with Gasteiger partial charge in [0.1, 0.15) is 0 Å². The second-order valence-corrected chi connectivity index (χ2v) is 5.32. The molecule has 1 aromatic heterocycles. The van der Waals surface area contributed by atoms with Crippen LogP contribution in [0.3, 0.4) is 0 Å². The van der Waals surface area contributed by atoms with E-state index >= 15 is 0 Å². The van der Waals surface area contributed by atoms with Gasteiger partial charge in [0, 0.05) is 18.7 Å². The molecule has 0 spiro atoms. The van der Waals surface area contributed by atoms with Crippen LogP contribution in [-0.2, 0) is 11.2 Å². The van der Waals surface area contributed by atoms with Crippen molar-refractivity contribution in [2.45, 2.75) is 19.8 Å². The Hall–Kier alpha value is -2.82. The number of H-pyrrole nitrogens is 1. The molecule has 0 unspecified atom stereocenters. The fraction of sp³-hybridized carbons (Fsp3) is 0.222. The number of para-hydroxylation sites is 1. The summed E-state index contributed by atoms with van der Waals surface area (Å²) in [6, 6.07) is 15.1. The summed E-state index contributed by atoms with van der Waals surface area (Å²) < 4.78 is 4.98. The monoisotopic (exact) mass is 310 g/mol. The lowest BCUT2D eigenvalue weighted by Gasteiger charge is -2.21. The van der Waals surface area contributed by atoms with E-state index in [9.17, 15) is 9.59 Å². The molecule has 5 nitrogen and oxygen atoms in total. The molecule has 1 heterocycles. The van der Waals surface area contributed by atoms with E-state index in [4.69, 9.17) is 4.42 Å². The van der Waals surface area contributed by atoms with Crippen LogP contribution in [0.15, 0.2) is 57.7 Å². The Morgan fingerprint density at radius 1 is 1.17 bits per heavy atom. The summed E-state index contributed by atoms with van der Waals surface area (Å²) in [7, 11) is 0. The molecule has 0 fully saturated rings. The van der Waals surface area contributed by atoms with Crippen molar-refractivity contribution in [3.8, 4) is 0 Å². The first kappa shape index (κ1) is 15.1. The topological polar surface area (TPSA) is 66.3 Å². The Morgan fingerprint density at radius 2 is 1.96 bits per heavy atom. The number of nitrogens with one attached hydrogen (secondary N) is 1. The molecule has 5 heteroatoms. The lowest BCUT2D eigenvalue weighted by molar-refractivity contribution is -0.118. The van der Waals surface area contributed by atoms with Crippen molar-refractivity contribution in [2.75, 3.05) is 11.4 Å². The van der Waals surface area contributed by atoms with Crippen molar-refractivity contribution < 1.29 is 9.21 Å². The maximum absolute atomic E-state index is 12.5. The maximum Gasteiger partial charge on any atom is 0.417 e. The van der Waals surface area contributed by atoms with E-state index in [1.165, 1.54) is 0 Å². The lowest BCUT2D eigenvalue weighted by Crippen LogP contribution is -2.30. The smallest absolute Gasteiger partial charge is 0.408 e. The highest BCUT2D eigenvalue weighted by atomic mass is 16.4. The van der Waals surface area contributed by atoms with Gasteiger partial charge in [0.25, 0.3) is 0 Å². The van der Waals surface area contributed by atoms with E-state index in [0.717, 1.165) is 11.3 Å². The van der Waals surface area contributed by atoms with Gasteiger partial charge in [-0.25, -0.2) is 4.79 Å². The molecule has 23 heavy (non-hydrogen) atoms. The van der Waals surface area contributed by atoms with Crippen LogP contribution < -0.4 is 10.7 Å². The third kappa shape index (κ3) is 3.34. The first-order valence-electron chi connectivity index (χ1n) is 7.64. The standard InChI is InChI=1S/C18H18N2O3/c1-2-20(14-6-4-3-5-7-14)17(21)11-9-13-8-10-16-15(12-13)19-18(22)23-16/h3-8,10,12H,2,9,11H2,1H3,(H,19,22). The maximum atomic E-state index is 12.5. The Balaban J connectivity index is 1.70. The Morgan fingerprint density at radius 3 is 2.70 bits per heavy atom. The van der Waals surface area contributed by atoms with Gasteiger partial charge in [0.2, 0.25) is 5.91 Å². The van der Waals surface area contributed by atoms with Gasteiger partial charge in [0.15, 0.2) is 5.58 Å². The Labute approximate surface area is 133 Å². The first-order chi connectivity index (χ1) is 11.2. The number of rotatable bonds is 5. The highest BCUT2D eigenvalue weighted by molar-refractivity contribution is 5.93. The number of hydrogen-bond donors (Lipinski definition) is 1. The summed E-state index contributed by atoms with van der Waals surface area (Å²) in [4.78, 5) is 28.0. The number of hydrogen-bond acceptors (Lipinski definition) is 3. The number of nitrogens with zero attached hydrogens (tertiary/aromatic N) is 1. The minimum absolute atomic E-state index is 0.0829. The fourth-order valence-corrected chi connectivity index (χ4v) is 2.65. The molecule has 0 saturated heterocycles. The van der Waals surface area contributed by atoms with Crippen molar-refractivity contribution in [3.63, 3.8) is 0 Å². The molecule has 0 aliphatic rings. The SMILES string of the molecule is CCN(C(=O)CCc1ccc2oc(=O)[nH]c2c1)c1ccccc1. The zero-order valence-corrected chi connectivity index (χ0v) is 12.9. The zero-order valence-electron chi connectivity index (χ0n) is 12.9. The normalized spacial score (nSPS) is 10.8. The molecule has 0 radical (unpaired) electrons. The average Bonchev–Trinajstić information content (AvgIpc) is 2.94. The van der Waals surface area contributed by atoms with Crippen molar-refractivity contribution in [1.82, 2.24) is 4.98 Å². The molecule has 2 aromatic carbocycles. The van der Waals surface area contributed by atoms with Crippen molar-refractivity contribution in [3.05, 3.63) is 64.6 Å². The van der Waals surface area contributed by atoms with Crippen molar-refractivity contribution >= 4 is 22.7 Å². The van der Waals surface area contributed by atoms with Crippen LogP contribution in [-0.4, -0.2) is 17.4 Å². The molecule has 0 aliphatic carbocycles. The summed E-state index contributed by atoms with van der Waals surface area (Å²) in [6.45, 7) is 2.60. The molecule has 1 amide bonds. The van der Waals surface area contributed by atoms with Gasteiger partial charge in [-0.05, 0) is 43.2 Å². The van der Waals surface area contributed by atoms with Crippen LogP contribution in [0.5, 0.6) is 0 Å². The van der Waals surface area contributed by atoms with Gasteiger partial charge < -0.3 is 9.32 Å². The lowest BCUT2D eigenvalue weighted by atomic mass is 10.1. The predicted octanol–water partition coefficient (Wildman–Crippen LogP) is 3.11. The third-order valence-electron chi connectivity index (χ3n) is 3.80. The van der Waals surface area contributed by atoms with Crippen LogP contribution in [0.2, 0.25) is 0 Å². The molecule has 3 aromatic rings.